The molecule has 34 heavy (non-hydrogen) atoms. The first kappa shape index (κ1) is 21.7. The lowest BCUT2D eigenvalue weighted by atomic mass is 10.1. The first-order valence-corrected chi connectivity index (χ1v) is 11.1. The van der Waals surface area contributed by atoms with Gasteiger partial charge in [-0.2, -0.15) is 4.98 Å². The zero-order valence-electron chi connectivity index (χ0n) is 17.1. The fourth-order valence-electron chi connectivity index (χ4n) is 3.62. The van der Waals surface area contributed by atoms with Gasteiger partial charge in [0, 0.05) is 35.0 Å². The number of fused-ring (bicyclic) bond motifs is 2. The number of hydrogen-bond donors (Lipinski definition) is 1. The van der Waals surface area contributed by atoms with Crippen LogP contribution in [0.2, 0.25) is 5.02 Å². The number of nitrogens with zero attached hydrogens (tertiary/aromatic N) is 5. The van der Waals surface area contributed by atoms with Gasteiger partial charge in [-0.1, -0.05) is 29.8 Å². The van der Waals surface area contributed by atoms with Crippen LogP contribution in [0.4, 0.5) is 11.6 Å². The van der Waals surface area contributed by atoms with Crippen LogP contribution < -0.4 is 5.32 Å². The second-order valence-electron chi connectivity index (χ2n) is 7.27. The number of nitrogens with one attached hydrogen (secondary N) is 1. The fourth-order valence-corrected chi connectivity index (χ4v) is 4.58. The van der Waals surface area contributed by atoms with E-state index in [4.69, 9.17) is 11.6 Å². The monoisotopic (exact) mass is 496 g/mol. The molecular weight excluding hydrogens is 484 g/mol. The number of amides is 3. The van der Waals surface area contributed by atoms with E-state index in [9.17, 15) is 24.5 Å². The maximum atomic E-state index is 12.6. The molecule has 0 radical (unpaired) electrons. The average molecular weight is 497 g/mol. The zero-order chi connectivity index (χ0) is 24.0. The molecule has 5 rings (SSSR count). The molecule has 3 heterocycles. The molecule has 3 amide bonds. The third-order valence-electron chi connectivity index (χ3n) is 5.21. The Morgan fingerprint density at radius 2 is 1.91 bits per heavy atom. The van der Waals surface area contributed by atoms with E-state index in [1.807, 2.05) is 17.5 Å². The van der Waals surface area contributed by atoms with Gasteiger partial charge in [0.15, 0.2) is 0 Å². The lowest BCUT2D eigenvalue weighted by Crippen LogP contribution is -2.33. The molecule has 1 aliphatic rings. The molecule has 0 fully saturated rings. The van der Waals surface area contributed by atoms with Gasteiger partial charge in [0.2, 0.25) is 16.8 Å². The summed E-state index contributed by atoms with van der Waals surface area (Å²) in [4.78, 5) is 53.8. The quantitative estimate of drug-likeness (QED) is 0.244. The summed E-state index contributed by atoms with van der Waals surface area (Å²) in [5.41, 5.74) is 0.894. The normalized spacial score (nSPS) is 12.9. The van der Waals surface area contributed by atoms with Crippen molar-refractivity contribution in [2.24, 2.45) is 0 Å². The number of nitro groups is 1. The van der Waals surface area contributed by atoms with Crippen molar-refractivity contribution < 1.29 is 19.3 Å². The van der Waals surface area contributed by atoms with Gasteiger partial charge in [-0.25, -0.2) is 4.52 Å². The SMILES string of the molecule is O=C(CCN1C(=O)c2cccc([N+](=O)[O-])c2C1=O)Nc1nc2scc(-c3ccc(Cl)cc3)n2n1. The molecule has 0 bridgehead atoms. The van der Waals surface area contributed by atoms with Crippen LogP contribution in [-0.4, -0.2) is 48.7 Å². The molecular formula is C21H13ClN6O5S. The van der Waals surface area contributed by atoms with Gasteiger partial charge in [0.25, 0.3) is 17.5 Å². The molecule has 1 aliphatic heterocycles. The van der Waals surface area contributed by atoms with E-state index in [0.717, 1.165) is 22.2 Å². The van der Waals surface area contributed by atoms with Gasteiger partial charge in [-0.15, -0.1) is 16.4 Å². The van der Waals surface area contributed by atoms with Crippen molar-refractivity contribution in [1.29, 1.82) is 0 Å². The number of aromatic nitrogens is 3. The standard InChI is InChI=1S/C21H13ClN6O5S/c22-12-6-4-11(5-7-12)15-10-34-21-24-20(25-27(15)21)23-16(29)8-9-26-18(30)13-2-1-3-14(28(32)33)17(13)19(26)31/h1-7,10H,8-9H2,(H,23,25,29). The molecule has 1 N–H and O–H groups in total. The van der Waals surface area contributed by atoms with Crippen molar-refractivity contribution in [1.82, 2.24) is 19.5 Å². The predicted molar refractivity (Wildman–Crippen MR) is 123 cm³/mol. The Labute approximate surface area is 199 Å². The minimum absolute atomic E-state index is 0.0506. The Hall–Kier alpha value is -4.16. The largest absolute Gasteiger partial charge is 0.293 e. The lowest BCUT2D eigenvalue weighted by Gasteiger charge is -2.12. The first-order chi connectivity index (χ1) is 16.3. The number of hydrogen-bond acceptors (Lipinski definition) is 8. The molecule has 0 aliphatic carbocycles. The molecule has 0 unspecified atom stereocenters. The van der Waals surface area contributed by atoms with E-state index >= 15 is 0 Å². The van der Waals surface area contributed by atoms with E-state index in [-0.39, 0.29) is 30.0 Å². The summed E-state index contributed by atoms with van der Waals surface area (Å²) in [7, 11) is 0. The molecule has 11 nitrogen and oxygen atoms in total. The smallest absolute Gasteiger partial charge is 0.282 e. The highest BCUT2D eigenvalue weighted by atomic mass is 35.5. The number of imide groups is 1. The number of nitro benzene ring substituents is 1. The minimum atomic E-state index is -0.798. The van der Waals surface area contributed by atoms with Gasteiger partial charge in [-0.05, 0) is 18.2 Å². The Morgan fingerprint density at radius 3 is 2.65 bits per heavy atom. The molecule has 4 aromatic rings. The summed E-state index contributed by atoms with van der Waals surface area (Å²) in [5, 5.41) is 20.6. The van der Waals surface area contributed by atoms with Gasteiger partial charge >= 0.3 is 0 Å². The van der Waals surface area contributed by atoms with Crippen molar-refractivity contribution in [2.45, 2.75) is 6.42 Å². The minimum Gasteiger partial charge on any atom is -0.293 e. The molecule has 0 atom stereocenters. The van der Waals surface area contributed by atoms with E-state index in [1.165, 1.54) is 23.5 Å². The number of thiazole rings is 1. The zero-order valence-corrected chi connectivity index (χ0v) is 18.7. The van der Waals surface area contributed by atoms with Gasteiger partial charge in [0.1, 0.15) is 5.56 Å². The molecule has 2 aromatic heterocycles. The number of carbonyl (C=O) groups excluding carboxylic acids is 3. The van der Waals surface area contributed by atoms with Crippen LogP contribution in [0.5, 0.6) is 0 Å². The Kier molecular flexibility index (Phi) is 5.30. The molecule has 170 valence electrons. The Bertz CT molecular complexity index is 1500. The fraction of sp³-hybridized carbons (Fsp3) is 0.0952. The number of rotatable bonds is 6. The van der Waals surface area contributed by atoms with Gasteiger partial charge in [-0.3, -0.25) is 34.7 Å². The summed E-state index contributed by atoms with van der Waals surface area (Å²) in [6, 6.07) is 11.1. The summed E-state index contributed by atoms with van der Waals surface area (Å²) >= 11 is 7.28. The van der Waals surface area contributed by atoms with Crippen LogP contribution in [0.25, 0.3) is 16.2 Å². The van der Waals surface area contributed by atoms with Crippen molar-refractivity contribution in [2.75, 3.05) is 11.9 Å². The lowest BCUT2D eigenvalue weighted by molar-refractivity contribution is -0.385. The van der Waals surface area contributed by atoms with Crippen LogP contribution in [0.1, 0.15) is 27.1 Å². The van der Waals surface area contributed by atoms with Crippen LogP contribution >= 0.6 is 22.9 Å². The predicted octanol–water partition coefficient (Wildman–Crippen LogP) is 3.64. The van der Waals surface area contributed by atoms with Crippen molar-refractivity contribution in [3.63, 3.8) is 0 Å². The van der Waals surface area contributed by atoms with E-state index in [0.29, 0.717) is 9.98 Å². The maximum absolute atomic E-state index is 12.6. The van der Waals surface area contributed by atoms with E-state index in [2.05, 4.69) is 15.4 Å². The number of carbonyl (C=O) groups is 3. The molecule has 0 spiro atoms. The van der Waals surface area contributed by atoms with Crippen LogP contribution in [0.3, 0.4) is 0 Å². The third-order valence-corrected chi connectivity index (χ3v) is 6.28. The van der Waals surface area contributed by atoms with Crippen LogP contribution in [0, 0.1) is 10.1 Å². The summed E-state index contributed by atoms with van der Waals surface area (Å²) in [5.74, 6) is -1.92. The van der Waals surface area contributed by atoms with Crippen LogP contribution in [0.15, 0.2) is 47.8 Å². The number of halogens is 1. The number of anilines is 1. The molecule has 0 saturated heterocycles. The first-order valence-electron chi connectivity index (χ1n) is 9.87. The summed E-state index contributed by atoms with van der Waals surface area (Å²) < 4.78 is 1.59. The third kappa shape index (κ3) is 3.68. The van der Waals surface area contributed by atoms with Gasteiger partial charge < -0.3 is 0 Å². The second-order valence-corrected chi connectivity index (χ2v) is 8.55. The van der Waals surface area contributed by atoms with Crippen molar-refractivity contribution in [3.8, 4) is 11.3 Å². The Morgan fingerprint density at radius 1 is 1.15 bits per heavy atom. The van der Waals surface area contributed by atoms with E-state index in [1.54, 1.807) is 16.6 Å². The molecule has 13 heteroatoms. The summed E-state index contributed by atoms with van der Waals surface area (Å²) in [6.07, 6.45) is -0.226. The number of benzene rings is 2. The molecule has 2 aromatic carbocycles. The van der Waals surface area contributed by atoms with E-state index < -0.39 is 28.3 Å². The summed E-state index contributed by atoms with van der Waals surface area (Å²) in [6.45, 7) is -0.242. The van der Waals surface area contributed by atoms with Crippen molar-refractivity contribution in [3.05, 3.63) is 74.1 Å². The topological polar surface area (TPSA) is 140 Å². The highest BCUT2D eigenvalue weighted by Crippen LogP contribution is 2.31. The average Bonchev–Trinajstić information content (AvgIpc) is 3.45. The van der Waals surface area contributed by atoms with Crippen molar-refractivity contribution >= 4 is 57.3 Å². The van der Waals surface area contributed by atoms with Gasteiger partial charge in [0.05, 0.1) is 16.2 Å². The maximum Gasteiger partial charge on any atom is 0.282 e. The molecule has 0 saturated carbocycles. The van der Waals surface area contributed by atoms with Crippen LogP contribution in [-0.2, 0) is 4.79 Å². The highest BCUT2D eigenvalue weighted by molar-refractivity contribution is 7.15. The Balaban J connectivity index is 1.28. The second kappa shape index (κ2) is 8.32. The highest BCUT2D eigenvalue weighted by Gasteiger charge is 2.40.